The highest BCUT2D eigenvalue weighted by Gasteiger charge is 2.09. The molecule has 0 fully saturated rings. The Morgan fingerprint density at radius 3 is 2.69 bits per heavy atom. The number of thiophene rings is 1. The van der Waals surface area contributed by atoms with Crippen molar-refractivity contribution in [2.45, 2.75) is 32.7 Å². The molecule has 0 aliphatic rings. The van der Waals surface area contributed by atoms with E-state index >= 15 is 0 Å². The van der Waals surface area contributed by atoms with Crippen LogP contribution >= 0.6 is 11.3 Å². The van der Waals surface area contributed by atoms with Gasteiger partial charge in [-0.2, -0.15) is 11.3 Å². The third-order valence-corrected chi connectivity index (χ3v) is 2.79. The molecular formula is C10H15NOS. The number of hydrogen-bond donors (Lipinski definition) is 1. The molecule has 1 heterocycles. The first kappa shape index (κ1) is 10.3. The topological polar surface area (TPSA) is 29.1 Å². The van der Waals surface area contributed by atoms with E-state index in [2.05, 4.69) is 19.2 Å². The van der Waals surface area contributed by atoms with Crippen molar-refractivity contribution in [2.75, 3.05) is 0 Å². The van der Waals surface area contributed by atoms with Gasteiger partial charge in [0.2, 0.25) is 0 Å². The van der Waals surface area contributed by atoms with Gasteiger partial charge in [-0.25, -0.2) is 0 Å². The van der Waals surface area contributed by atoms with Crippen LogP contribution in [0.5, 0.6) is 0 Å². The van der Waals surface area contributed by atoms with Crippen molar-refractivity contribution in [3.8, 4) is 0 Å². The van der Waals surface area contributed by atoms with Gasteiger partial charge < -0.3 is 5.32 Å². The number of carbonyl (C=O) groups is 1. The second kappa shape index (κ2) is 5.02. The minimum atomic E-state index is 0.0509. The zero-order valence-electron chi connectivity index (χ0n) is 8.04. The van der Waals surface area contributed by atoms with E-state index in [1.807, 2.05) is 16.8 Å². The van der Waals surface area contributed by atoms with Crippen molar-refractivity contribution in [2.24, 2.45) is 0 Å². The van der Waals surface area contributed by atoms with Crippen LogP contribution in [0.3, 0.4) is 0 Å². The highest BCUT2D eigenvalue weighted by atomic mass is 32.1. The van der Waals surface area contributed by atoms with Gasteiger partial charge in [-0.3, -0.25) is 4.79 Å². The zero-order valence-corrected chi connectivity index (χ0v) is 8.86. The lowest BCUT2D eigenvalue weighted by molar-refractivity contribution is 0.0935. The molecule has 13 heavy (non-hydrogen) atoms. The third kappa shape index (κ3) is 2.84. The fourth-order valence-corrected chi connectivity index (χ4v) is 1.79. The molecule has 0 saturated heterocycles. The SMILES string of the molecule is CCC(CC)NC(=O)c1ccsc1. The Morgan fingerprint density at radius 2 is 2.23 bits per heavy atom. The molecule has 1 amide bonds. The first-order valence-electron chi connectivity index (χ1n) is 4.61. The molecule has 0 atom stereocenters. The van der Waals surface area contributed by atoms with Gasteiger partial charge in [0.25, 0.3) is 5.91 Å². The van der Waals surface area contributed by atoms with E-state index in [1.54, 1.807) is 11.3 Å². The summed E-state index contributed by atoms with van der Waals surface area (Å²) in [4.78, 5) is 11.5. The fourth-order valence-electron chi connectivity index (χ4n) is 1.16. The quantitative estimate of drug-likeness (QED) is 0.790. The molecule has 2 nitrogen and oxygen atoms in total. The molecule has 0 aliphatic carbocycles. The summed E-state index contributed by atoms with van der Waals surface area (Å²) >= 11 is 1.55. The molecule has 0 aliphatic heterocycles. The molecule has 1 N–H and O–H groups in total. The normalized spacial score (nSPS) is 10.4. The largest absolute Gasteiger partial charge is 0.349 e. The molecular weight excluding hydrogens is 182 g/mol. The highest BCUT2D eigenvalue weighted by molar-refractivity contribution is 7.08. The van der Waals surface area contributed by atoms with Crippen molar-refractivity contribution < 1.29 is 4.79 Å². The minimum absolute atomic E-state index is 0.0509. The Morgan fingerprint density at radius 1 is 1.54 bits per heavy atom. The lowest BCUT2D eigenvalue weighted by atomic mass is 10.1. The van der Waals surface area contributed by atoms with Gasteiger partial charge in [0, 0.05) is 17.0 Å². The van der Waals surface area contributed by atoms with Gasteiger partial charge in [0.05, 0.1) is 0 Å². The van der Waals surface area contributed by atoms with E-state index < -0.39 is 0 Å². The number of rotatable bonds is 4. The lowest BCUT2D eigenvalue weighted by Crippen LogP contribution is -2.33. The van der Waals surface area contributed by atoms with Crippen molar-refractivity contribution in [3.63, 3.8) is 0 Å². The predicted molar refractivity (Wildman–Crippen MR) is 56.2 cm³/mol. The average Bonchev–Trinajstić information content (AvgIpc) is 2.66. The standard InChI is InChI=1S/C10H15NOS/c1-3-9(4-2)11-10(12)8-5-6-13-7-8/h5-7,9H,3-4H2,1-2H3,(H,11,12). The zero-order chi connectivity index (χ0) is 9.68. The Kier molecular flexibility index (Phi) is 3.96. The lowest BCUT2D eigenvalue weighted by Gasteiger charge is -2.13. The predicted octanol–water partition coefficient (Wildman–Crippen LogP) is 2.67. The molecule has 0 bridgehead atoms. The van der Waals surface area contributed by atoms with Crippen molar-refractivity contribution in [3.05, 3.63) is 22.4 Å². The smallest absolute Gasteiger partial charge is 0.252 e. The second-order valence-electron chi connectivity index (χ2n) is 3.00. The monoisotopic (exact) mass is 197 g/mol. The summed E-state index contributed by atoms with van der Waals surface area (Å²) in [6, 6.07) is 2.16. The van der Waals surface area contributed by atoms with Gasteiger partial charge in [0.1, 0.15) is 0 Å². The maximum atomic E-state index is 11.5. The molecule has 0 unspecified atom stereocenters. The minimum Gasteiger partial charge on any atom is -0.349 e. The van der Waals surface area contributed by atoms with E-state index in [-0.39, 0.29) is 5.91 Å². The summed E-state index contributed by atoms with van der Waals surface area (Å²) in [6.07, 6.45) is 1.98. The summed E-state index contributed by atoms with van der Waals surface area (Å²) in [5, 5.41) is 6.78. The summed E-state index contributed by atoms with van der Waals surface area (Å²) in [7, 11) is 0. The van der Waals surface area contributed by atoms with Crippen LogP contribution in [0.25, 0.3) is 0 Å². The van der Waals surface area contributed by atoms with Crippen LogP contribution in [0.2, 0.25) is 0 Å². The number of nitrogens with one attached hydrogen (secondary N) is 1. The first-order valence-corrected chi connectivity index (χ1v) is 5.55. The van der Waals surface area contributed by atoms with Crippen LogP contribution in [0, 0.1) is 0 Å². The molecule has 0 aromatic carbocycles. The highest BCUT2D eigenvalue weighted by Crippen LogP contribution is 2.06. The van der Waals surface area contributed by atoms with Crippen molar-refractivity contribution in [1.82, 2.24) is 5.32 Å². The number of amides is 1. The van der Waals surface area contributed by atoms with E-state index in [0.717, 1.165) is 18.4 Å². The van der Waals surface area contributed by atoms with Crippen LogP contribution < -0.4 is 5.32 Å². The molecule has 0 radical (unpaired) electrons. The summed E-state index contributed by atoms with van der Waals surface area (Å²) in [5.41, 5.74) is 0.775. The summed E-state index contributed by atoms with van der Waals surface area (Å²) in [5.74, 6) is 0.0509. The van der Waals surface area contributed by atoms with Crippen LogP contribution in [0.1, 0.15) is 37.0 Å². The molecule has 0 spiro atoms. The van der Waals surface area contributed by atoms with Crippen molar-refractivity contribution in [1.29, 1.82) is 0 Å². The van der Waals surface area contributed by atoms with Crippen LogP contribution in [0.4, 0.5) is 0 Å². The van der Waals surface area contributed by atoms with Crippen LogP contribution in [-0.2, 0) is 0 Å². The van der Waals surface area contributed by atoms with E-state index in [0.29, 0.717) is 6.04 Å². The maximum absolute atomic E-state index is 11.5. The van der Waals surface area contributed by atoms with Gasteiger partial charge in [-0.05, 0) is 24.3 Å². The Labute approximate surface area is 83.0 Å². The molecule has 3 heteroatoms. The molecule has 1 aromatic heterocycles. The van der Waals surface area contributed by atoms with Crippen LogP contribution in [0.15, 0.2) is 16.8 Å². The summed E-state index contributed by atoms with van der Waals surface area (Å²) < 4.78 is 0. The van der Waals surface area contributed by atoms with Gasteiger partial charge in [-0.1, -0.05) is 13.8 Å². The van der Waals surface area contributed by atoms with E-state index in [9.17, 15) is 4.79 Å². The number of carbonyl (C=O) groups excluding carboxylic acids is 1. The van der Waals surface area contributed by atoms with E-state index in [1.165, 1.54) is 0 Å². The molecule has 1 rings (SSSR count). The summed E-state index contributed by atoms with van der Waals surface area (Å²) in [6.45, 7) is 4.17. The second-order valence-corrected chi connectivity index (χ2v) is 3.78. The van der Waals surface area contributed by atoms with Crippen molar-refractivity contribution >= 4 is 17.2 Å². The number of hydrogen-bond acceptors (Lipinski definition) is 2. The molecule has 72 valence electrons. The average molecular weight is 197 g/mol. The fraction of sp³-hybridized carbons (Fsp3) is 0.500. The third-order valence-electron chi connectivity index (χ3n) is 2.10. The molecule has 1 aromatic rings. The van der Waals surface area contributed by atoms with E-state index in [4.69, 9.17) is 0 Å². The Bertz CT molecular complexity index is 252. The van der Waals surface area contributed by atoms with Gasteiger partial charge in [0.15, 0.2) is 0 Å². The molecule has 0 saturated carbocycles. The maximum Gasteiger partial charge on any atom is 0.252 e. The van der Waals surface area contributed by atoms with Gasteiger partial charge >= 0.3 is 0 Å². The Hall–Kier alpha value is -0.830. The van der Waals surface area contributed by atoms with Gasteiger partial charge in [-0.15, -0.1) is 0 Å². The Balaban J connectivity index is 2.50. The first-order chi connectivity index (χ1) is 6.27. The van der Waals surface area contributed by atoms with Crippen LogP contribution in [-0.4, -0.2) is 11.9 Å².